The molecule has 0 heterocycles. The van der Waals surface area contributed by atoms with Crippen LogP contribution in [0.15, 0.2) is 0 Å². The van der Waals surface area contributed by atoms with Crippen LogP contribution in [-0.4, -0.2) is 61.0 Å². The predicted octanol–water partition coefficient (Wildman–Crippen LogP) is 3.08. The fraction of sp³-hybridized carbons (Fsp3) is 0.895. The minimum Gasteiger partial charge on any atom is -0.466 e. The minimum absolute atomic E-state index is 0.161. The molecule has 0 spiro atoms. The van der Waals surface area contributed by atoms with E-state index in [0.29, 0.717) is 19.6 Å². The van der Waals surface area contributed by atoms with Crippen LogP contribution in [0.5, 0.6) is 0 Å². The van der Waals surface area contributed by atoms with Crippen molar-refractivity contribution < 1.29 is 14.3 Å². The van der Waals surface area contributed by atoms with E-state index in [0.717, 1.165) is 58.3 Å². The van der Waals surface area contributed by atoms with E-state index in [4.69, 9.17) is 4.74 Å². The van der Waals surface area contributed by atoms with Gasteiger partial charge in [-0.2, -0.15) is 0 Å². The van der Waals surface area contributed by atoms with Gasteiger partial charge in [0.05, 0.1) is 13.0 Å². The normalized spacial score (nSPS) is 15.5. The number of nitrogens with zero attached hydrogens (tertiary/aromatic N) is 2. The van der Waals surface area contributed by atoms with Crippen LogP contribution < -0.4 is 0 Å². The molecule has 0 aromatic rings. The van der Waals surface area contributed by atoms with Crippen LogP contribution in [0.1, 0.15) is 65.7 Å². The van der Waals surface area contributed by atoms with Crippen LogP contribution in [0.2, 0.25) is 0 Å². The number of carbonyl (C=O) groups excluding carboxylic acids is 2. The monoisotopic (exact) mass is 340 g/mol. The molecule has 5 heteroatoms. The molecule has 1 aliphatic rings. The molecule has 0 aromatic carbocycles. The van der Waals surface area contributed by atoms with E-state index in [9.17, 15) is 9.59 Å². The lowest BCUT2D eigenvalue weighted by atomic mass is 9.88. The van der Waals surface area contributed by atoms with Crippen molar-refractivity contribution in [3.05, 3.63) is 0 Å². The average molecular weight is 341 g/mol. The van der Waals surface area contributed by atoms with Crippen molar-refractivity contribution in [1.82, 2.24) is 9.80 Å². The van der Waals surface area contributed by atoms with Gasteiger partial charge in [-0.1, -0.05) is 33.1 Å². The van der Waals surface area contributed by atoms with Gasteiger partial charge in [-0.25, -0.2) is 0 Å². The Morgan fingerprint density at radius 3 is 2.21 bits per heavy atom. The number of rotatable bonds is 11. The summed E-state index contributed by atoms with van der Waals surface area (Å²) < 4.78 is 5.01. The first-order valence-electron chi connectivity index (χ1n) is 9.79. The average Bonchev–Trinajstić information content (AvgIpc) is 2.61. The first-order chi connectivity index (χ1) is 11.6. The molecule has 5 nitrogen and oxygen atoms in total. The maximum atomic E-state index is 12.8. The molecule has 0 N–H and O–H groups in total. The minimum atomic E-state index is -0.206. The summed E-state index contributed by atoms with van der Waals surface area (Å²) in [6, 6.07) is 0. The molecular weight excluding hydrogens is 304 g/mol. The molecule has 1 fully saturated rings. The second-order valence-electron chi connectivity index (χ2n) is 6.60. The summed E-state index contributed by atoms with van der Waals surface area (Å²) >= 11 is 0. The molecule has 1 saturated carbocycles. The molecule has 0 unspecified atom stereocenters. The van der Waals surface area contributed by atoms with E-state index in [1.807, 2.05) is 11.8 Å². The SMILES string of the molecule is CCOC(=O)CCN(CCCN(CC)CC)C(=O)C1CCCCC1. The Bertz CT molecular complexity index is 364. The third kappa shape index (κ3) is 7.65. The van der Waals surface area contributed by atoms with Crippen molar-refractivity contribution in [2.75, 3.05) is 39.3 Å². The molecule has 24 heavy (non-hydrogen) atoms. The second kappa shape index (κ2) is 12.3. The maximum Gasteiger partial charge on any atom is 0.307 e. The zero-order chi connectivity index (χ0) is 17.8. The Morgan fingerprint density at radius 2 is 1.62 bits per heavy atom. The predicted molar refractivity (Wildman–Crippen MR) is 96.8 cm³/mol. The first kappa shape index (κ1) is 20.9. The molecule has 0 aromatic heterocycles. The van der Waals surface area contributed by atoms with E-state index < -0.39 is 0 Å². The van der Waals surface area contributed by atoms with E-state index >= 15 is 0 Å². The third-order valence-electron chi connectivity index (χ3n) is 4.95. The molecule has 0 radical (unpaired) electrons. The van der Waals surface area contributed by atoms with Crippen molar-refractivity contribution in [1.29, 1.82) is 0 Å². The largest absolute Gasteiger partial charge is 0.466 e. The summed E-state index contributed by atoms with van der Waals surface area (Å²) in [4.78, 5) is 28.8. The molecule has 0 bridgehead atoms. The molecule has 0 atom stereocenters. The van der Waals surface area contributed by atoms with Gasteiger partial charge in [0.25, 0.3) is 0 Å². The van der Waals surface area contributed by atoms with Gasteiger partial charge in [0.15, 0.2) is 0 Å². The summed E-state index contributed by atoms with van der Waals surface area (Å²) in [5.74, 6) is 0.204. The fourth-order valence-corrected chi connectivity index (χ4v) is 3.42. The fourth-order valence-electron chi connectivity index (χ4n) is 3.42. The molecule has 140 valence electrons. The summed E-state index contributed by atoms with van der Waals surface area (Å²) in [7, 11) is 0. The number of carbonyl (C=O) groups is 2. The number of amides is 1. The lowest BCUT2D eigenvalue weighted by Gasteiger charge is -2.30. The highest BCUT2D eigenvalue weighted by Gasteiger charge is 2.26. The van der Waals surface area contributed by atoms with E-state index in [1.54, 1.807) is 0 Å². The van der Waals surface area contributed by atoms with Gasteiger partial charge in [-0.3, -0.25) is 9.59 Å². The molecule has 0 saturated heterocycles. The first-order valence-corrected chi connectivity index (χ1v) is 9.79. The molecule has 1 rings (SSSR count). The third-order valence-corrected chi connectivity index (χ3v) is 4.95. The lowest BCUT2D eigenvalue weighted by Crippen LogP contribution is -2.40. The van der Waals surface area contributed by atoms with Crippen molar-refractivity contribution in [3.63, 3.8) is 0 Å². The van der Waals surface area contributed by atoms with Crippen LogP contribution in [0, 0.1) is 5.92 Å². The van der Waals surface area contributed by atoms with Crippen LogP contribution in [0.3, 0.4) is 0 Å². The topological polar surface area (TPSA) is 49.9 Å². The zero-order valence-corrected chi connectivity index (χ0v) is 15.9. The van der Waals surface area contributed by atoms with Crippen LogP contribution in [-0.2, 0) is 14.3 Å². The summed E-state index contributed by atoms with van der Waals surface area (Å²) in [5.41, 5.74) is 0. The number of hydrogen-bond acceptors (Lipinski definition) is 4. The van der Waals surface area contributed by atoms with Crippen LogP contribution in [0.25, 0.3) is 0 Å². The summed E-state index contributed by atoms with van der Waals surface area (Å²) in [5, 5.41) is 0. The highest BCUT2D eigenvalue weighted by Crippen LogP contribution is 2.25. The maximum absolute atomic E-state index is 12.8. The highest BCUT2D eigenvalue weighted by atomic mass is 16.5. The van der Waals surface area contributed by atoms with Crippen molar-refractivity contribution in [2.45, 2.75) is 65.7 Å². The van der Waals surface area contributed by atoms with Crippen LogP contribution in [0.4, 0.5) is 0 Å². The standard InChI is InChI=1S/C19H36N2O3/c1-4-20(5-2)14-10-15-21(16-13-18(22)24-6-3)19(23)17-11-8-7-9-12-17/h17H,4-16H2,1-3H3. The Hall–Kier alpha value is -1.10. The summed E-state index contributed by atoms with van der Waals surface area (Å²) in [6.45, 7) is 10.8. The second-order valence-corrected chi connectivity index (χ2v) is 6.60. The van der Waals surface area contributed by atoms with Gasteiger partial charge in [0.1, 0.15) is 0 Å². The number of esters is 1. The zero-order valence-electron chi connectivity index (χ0n) is 15.9. The van der Waals surface area contributed by atoms with E-state index in [2.05, 4.69) is 18.7 Å². The number of hydrogen-bond donors (Lipinski definition) is 0. The smallest absolute Gasteiger partial charge is 0.307 e. The molecular formula is C19H36N2O3. The molecule has 0 aliphatic heterocycles. The Morgan fingerprint density at radius 1 is 0.958 bits per heavy atom. The van der Waals surface area contributed by atoms with E-state index in [-0.39, 0.29) is 17.8 Å². The van der Waals surface area contributed by atoms with Gasteiger partial charge in [0, 0.05) is 19.0 Å². The Kier molecular flexibility index (Phi) is 10.7. The van der Waals surface area contributed by atoms with Gasteiger partial charge >= 0.3 is 5.97 Å². The quantitative estimate of drug-likeness (QED) is 0.542. The Labute approximate surface area is 147 Å². The van der Waals surface area contributed by atoms with Crippen LogP contribution >= 0.6 is 0 Å². The number of ether oxygens (including phenoxy) is 1. The molecule has 1 aliphatic carbocycles. The lowest BCUT2D eigenvalue weighted by molar-refractivity contribution is -0.144. The Balaban J connectivity index is 2.53. The van der Waals surface area contributed by atoms with Gasteiger partial charge in [0.2, 0.25) is 5.91 Å². The molecule has 1 amide bonds. The highest BCUT2D eigenvalue weighted by molar-refractivity contribution is 5.79. The van der Waals surface area contributed by atoms with Crippen molar-refractivity contribution in [2.24, 2.45) is 5.92 Å². The van der Waals surface area contributed by atoms with E-state index in [1.165, 1.54) is 6.42 Å². The van der Waals surface area contributed by atoms with Gasteiger partial charge < -0.3 is 14.5 Å². The van der Waals surface area contributed by atoms with Gasteiger partial charge in [-0.05, 0) is 45.8 Å². The van der Waals surface area contributed by atoms with Gasteiger partial charge in [-0.15, -0.1) is 0 Å². The summed E-state index contributed by atoms with van der Waals surface area (Å²) in [6.07, 6.45) is 6.83. The van der Waals surface area contributed by atoms with Crippen molar-refractivity contribution >= 4 is 11.9 Å². The van der Waals surface area contributed by atoms with Crippen molar-refractivity contribution in [3.8, 4) is 0 Å².